The Bertz CT molecular complexity index is 716. The molecule has 0 amide bonds. The van der Waals surface area contributed by atoms with Crippen molar-refractivity contribution in [2.45, 2.75) is 110 Å². The highest BCUT2D eigenvalue weighted by molar-refractivity contribution is 5.17. The van der Waals surface area contributed by atoms with Crippen LogP contribution >= 0.6 is 0 Å². The summed E-state index contributed by atoms with van der Waals surface area (Å²) in [6.45, 7) is 10.3. The van der Waals surface area contributed by atoms with Crippen molar-refractivity contribution >= 4 is 0 Å². The molecule has 31 heavy (non-hydrogen) atoms. The highest BCUT2D eigenvalue weighted by Crippen LogP contribution is 2.71. The van der Waals surface area contributed by atoms with Gasteiger partial charge in [-0.25, -0.2) is 0 Å². The Morgan fingerprint density at radius 2 is 1.68 bits per heavy atom. The van der Waals surface area contributed by atoms with Crippen LogP contribution in [0, 0.1) is 52.3 Å². The second kappa shape index (κ2) is 6.93. The predicted molar refractivity (Wildman–Crippen MR) is 119 cm³/mol. The van der Waals surface area contributed by atoms with Gasteiger partial charge in [-0.15, -0.1) is 0 Å². The molecular formula is C27H44O4. The molecule has 1 spiro atoms. The summed E-state index contributed by atoms with van der Waals surface area (Å²) < 4.78 is 13.3. The van der Waals surface area contributed by atoms with Gasteiger partial charge in [-0.3, -0.25) is 0 Å². The first-order valence-corrected chi connectivity index (χ1v) is 13.4. The van der Waals surface area contributed by atoms with Gasteiger partial charge < -0.3 is 19.7 Å². The van der Waals surface area contributed by atoms with E-state index < -0.39 is 5.79 Å². The summed E-state index contributed by atoms with van der Waals surface area (Å²) in [5, 5.41) is 22.1. The van der Waals surface area contributed by atoms with Crippen molar-refractivity contribution in [1.29, 1.82) is 0 Å². The lowest BCUT2D eigenvalue weighted by atomic mass is 9.43. The zero-order valence-electron chi connectivity index (χ0n) is 20.1. The molecule has 4 aliphatic carbocycles. The minimum Gasteiger partial charge on any atom is -0.393 e. The smallest absolute Gasteiger partial charge is 0.171 e. The average Bonchev–Trinajstić information content (AvgIpc) is 3.18. The molecular weight excluding hydrogens is 388 g/mol. The molecule has 0 aromatic carbocycles. The maximum Gasteiger partial charge on any atom is 0.171 e. The van der Waals surface area contributed by atoms with Crippen LogP contribution < -0.4 is 0 Å². The van der Waals surface area contributed by atoms with E-state index in [0.29, 0.717) is 46.8 Å². The van der Waals surface area contributed by atoms with Crippen LogP contribution in [0.5, 0.6) is 0 Å². The molecule has 0 aromatic heterocycles. The monoisotopic (exact) mass is 432 g/mol. The van der Waals surface area contributed by atoms with Crippen molar-refractivity contribution in [2.75, 3.05) is 6.61 Å². The fourth-order valence-corrected chi connectivity index (χ4v) is 10.2. The average molecular weight is 433 g/mol. The van der Waals surface area contributed by atoms with Gasteiger partial charge in [-0.05, 0) is 86.4 Å². The Balaban J connectivity index is 1.29. The summed E-state index contributed by atoms with van der Waals surface area (Å²) >= 11 is 0. The molecule has 5 unspecified atom stereocenters. The quantitative estimate of drug-likeness (QED) is 0.579. The molecule has 176 valence electrons. The molecule has 0 radical (unpaired) electrons. The third kappa shape index (κ3) is 2.74. The van der Waals surface area contributed by atoms with Crippen molar-refractivity contribution in [3.05, 3.63) is 0 Å². The fourth-order valence-electron chi connectivity index (χ4n) is 10.2. The first kappa shape index (κ1) is 21.4. The number of aliphatic hydroxyl groups is 2. The van der Waals surface area contributed by atoms with Crippen molar-refractivity contribution in [2.24, 2.45) is 52.3 Å². The number of fused-ring (bicyclic) bond motifs is 7. The molecule has 0 aromatic rings. The summed E-state index contributed by atoms with van der Waals surface area (Å²) in [5.74, 6) is 3.46. The van der Waals surface area contributed by atoms with Crippen molar-refractivity contribution in [3.63, 3.8) is 0 Å². The van der Waals surface area contributed by atoms with E-state index in [9.17, 15) is 10.2 Å². The van der Waals surface area contributed by atoms with Gasteiger partial charge >= 0.3 is 0 Å². The second-order valence-corrected chi connectivity index (χ2v) is 13.2. The Morgan fingerprint density at radius 3 is 2.42 bits per heavy atom. The normalized spacial score (nSPS) is 63.3. The van der Waals surface area contributed by atoms with Gasteiger partial charge in [0.05, 0.1) is 24.9 Å². The van der Waals surface area contributed by atoms with E-state index in [0.717, 1.165) is 45.1 Å². The Morgan fingerprint density at radius 1 is 0.871 bits per heavy atom. The first-order valence-electron chi connectivity index (χ1n) is 13.4. The van der Waals surface area contributed by atoms with Gasteiger partial charge in [0.25, 0.3) is 0 Å². The zero-order chi connectivity index (χ0) is 21.8. The number of hydrogen-bond acceptors (Lipinski definition) is 4. The van der Waals surface area contributed by atoms with Crippen LogP contribution in [0.25, 0.3) is 0 Å². The number of aliphatic hydroxyl groups excluding tert-OH is 2. The van der Waals surface area contributed by atoms with Gasteiger partial charge in [-0.2, -0.15) is 0 Å². The summed E-state index contributed by atoms with van der Waals surface area (Å²) in [7, 11) is 0. The maximum absolute atomic E-state index is 11.8. The molecule has 2 saturated heterocycles. The van der Waals surface area contributed by atoms with E-state index in [1.54, 1.807) is 0 Å². The summed E-state index contributed by atoms with van der Waals surface area (Å²) in [5.41, 5.74) is 0.233. The van der Waals surface area contributed by atoms with Crippen molar-refractivity contribution in [1.82, 2.24) is 0 Å². The standard InChI is InChI=1S/C27H44O4/c1-15-7-10-27(30-14-15)16(2)24-22(31-27)12-21-19-6-5-17-11-18(28)8-9-25(17,3)20(19)13-23(29)26(21,24)4/h15-24,28-29H,5-14H2,1-4H3/t15?,16-,17-,18-,19?,20?,21?,22-,23+,24?,25-,26+,27+/m0/s1. The molecule has 4 heteroatoms. The van der Waals surface area contributed by atoms with Crippen LogP contribution in [0.15, 0.2) is 0 Å². The van der Waals surface area contributed by atoms with Gasteiger partial charge in [-0.1, -0.05) is 27.7 Å². The maximum atomic E-state index is 11.8. The van der Waals surface area contributed by atoms with Crippen LogP contribution in [-0.4, -0.2) is 40.9 Å². The lowest BCUT2D eigenvalue weighted by molar-refractivity contribution is -0.274. The van der Waals surface area contributed by atoms with E-state index in [1.165, 1.54) is 19.3 Å². The highest BCUT2D eigenvalue weighted by atomic mass is 16.7. The molecule has 6 fully saturated rings. The predicted octanol–water partition coefficient (Wildman–Crippen LogP) is 4.76. The van der Waals surface area contributed by atoms with Crippen LogP contribution in [0.2, 0.25) is 0 Å². The van der Waals surface area contributed by atoms with E-state index in [2.05, 4.69) is 27.7 Å². The van der Waals surface area contributed by atoms with E-state index in [1.807, 2.05) is 0 Å². The van der Waals surface area contributed by atoms with Crippen molar-refractivity contribution < 1.29 is 19.7 Å². The molecule has 2 heterocycles. The minimum atomic E-state index is -0.407. The number of ether oxygens (including phenoxy) is 2. The van der Waals surface area contributed by atoms with Gasteiger partial charge in [0.1, 0.15) is 0 Å². The number of rotatable bonds is 0. The molecule has 13 atom stereocenters. The first-order chi connectivity index (χ1) is 14.7. The van der Waals surface area contributed by atoms with Gasteiger partial charge in [0.15, 0.2) is 5.79 Å². The third-order valence-electron chi connectivity index (χ3n) is 12.0. The Labute approximate surface area is 188 Å². The minimum absolute atomic E-state index is 0.0570. The van der Waals surface area contributed by atoms with Gasteiger partial charge in [0, 0.05) is 23.7 Å². The fraction of sp³-hybridized carbons (Fsp3) is 1.00. The summed E-state index contributed by atoms with van der Waals surface area (Å²) in [6.07, 6.45) is 9.70. The molecule has 2 N–H and O–H groups in total. The zero-order valence-corrected chi connectivity index (χ0v) is 20.1. The van der Waals surface area contributed by atoms with Crippen molar-refractivity contribution in [3.8, 4) is 0 Å². The van der Waals surface area contributed by atoms with Crippen LogP contribution in [0.4, 0.5) is 0 Å². The van der Waals surface area contributed by atoms with Gasteiger partial charge in [0.2, 0.25) is 0 Å². The number of hydrogen-bond donors (Lipinski definition) is 2. The topological polar surface area (TPSA) is 58.9 Å². The lowest BCUT2D eigenvalue weighted by Gasteiger charge is -2.62. The van der Waals surface area contributed by atoms with Crippen LogP contribution in [0.1, 0.15) is 85.5 Å². The molecule has 0 bridgehead atoms. The third-order valence-corrected chi connectivity index (χ3v) is 12.0. The molecule has 6 rings (SSSR count). The molecule has 6 aliphatic rings. The summed E-state index contributed by atoms with van der Waals surface area (Å²) in [6, 6.07) is 0. The second-order valence-electron chi connectivity index (χ2n) is 13.2. The van der Waals surface area contributed by atoms with E-state index in [-0.39, 0.29) is 23.7 Å². The van der Waals surface area contributed by atoms with E-state index in [4.69, 9.17) is 9.47 Å². The molecule has 4 nitrogen and oxygen atoms in total. The highest BCUT2D eigenvalue weighted by Gasteiger charge is 2.71. The van der Waals surface area contributed by atoms with E-state index >= 15 is 0 Å². The molecule has 4 saturated carbocycles. The Kier molecular flexibility index (Phi) is 4.78. The van der Waals surface area contributed by atoms with Crippen LogP contribution in [0.3, 0.4) is 0 Å². The largest absolute Gasteiger partial charge is 0.393 e. The van der Waals surface area contributed by atoms with Crippen LogP contribution in [-0.2, 0) is 9.47 Å². The Hall–Kier alpha value is -0.160. The summed E-state index contributed by atoms with van der Waals surface area (Å²) in [4.78, 5) is 0. The lowest BCUT2D eigenvalue weighted by Crippen LogP contribution is -2.59. The molecule has 2 aliphatic heterocycles. The SMILES string of the molecule is CC1CC[C@@]2(OC1)O[C@H]1CC3C4CC[C@H]5C[C@@H](O)CC[C@]5(C)C4C[C@@H](O)[C@]3(C)C1[C@@H]2C.